The van der Waals surface area contributed by atoms with Crippen molar-refractivity contribution in [3.63, 3.8) is 0 Å². The smallest absolute Gasteiger partial charge is 0.349 e. The van der Waals surface area contributed by atoms with Crippen molar-refractivity contribution in [2.24, 2.45) is 5.41 Å². The molecule has 0 fully saturated rings. The summed E-state index contributed by atoms with van der Waals surface area (Å²) in [5, 5.41) is 1.75. The molecule has 6 rings (SSSR count). The fourth-order valence-corrected chi connectivity index (χ4v) is 7.60. The van der Waals surface area contributed by atoms with E-state index >= 15 is 0 Å². The zero-order valence-corrected chi connectivity index (χ0v) is 44.8. The van der Waals surface area contributed by atoms with E-state index in [0.29, 0.717) is 22.9 Å². The molecule has 1 aliphatic rings. The minimum Gasteiger partial charge on any atom is -0.398 e. The number of hydrogen-bond acceptors (Lipinski definition) is 10. The summed E-state index contributed by atoms with van der Waals surface area (Å²) in [6, 6.07) is 2.50. The predicted octanol–water partition coefficient (Wildman–Crippen LogP) is 10.1. The molecular formula is C52H83N11O4. The number of H-pyrrole nitrogens is 1. The number of nitrogen functional groups attached to an aromatic ring is 3. The molecule has 15 nitrogen and oxygen atoms in total. The summed E-state index contributed by atoms with van der Waals surface area (Å²) in [6.07, 6.45) is 9.54. The number of pyridine rings is 1. The third-order valence-electron chi connectivity index (χ3n) is 11.3. The van der Waals surface area contributed by atoms with Crippen LogP contribution in [0.2, 0.25) is 0 Å². The van der Waals surface area contributed by atoms with Crippen LogP contribution in [0, 0.1) is 5.41 Å². The fraction of sp³-hybridized carbons (Fsp3) is 0.596. The molecule has 15 heteroatoms. The molecule has 0 atom stereocenters. The van der Waals surface area contributed by atoms with Gasteiger partial charge in [-0.2, -0.15) is 9.97 Å². The zero-order chi connectivity index (χ0) is 51.9. The van der Waals surface area contributed by atoms with Gasteiger partial charge in [0.05, 0.1) is 11.8 Å². The highest BCUT2D eigenvalue weighted by Crippen LogP contribution is 2.36. The summed E-state index contributed by atoms with van der Waals surface area (Å²) in [7, 11) is 0. The molecule has 1 aliphatic heterocycles. The van der Waals surface area contributed by atoms with Gasteiger partial charge in [0.15, 0.2) is 5.78 Å². The Hall–Kier alpha value is -5.73. The van der Waals surface area contributed by atoms with E-state index in [2.05, 4.69) is 121 Å². The largest absolute Gasteiger partial charge is 0.398 e. The number of carbonyl (C=O) groups is 2. The normalized spacial score (nSPS) is 14.1. The molecule has 0 unspecified atom stereocenters. The van der Waals surface area contributed by atoms with Gasteiger partial charge in [0.25, 0.3) is 5.56 Å². The van der Waals surface area contributed by atoms with E-state index < -0.39 is 0 Å². The topological polar surface area (TPSA) is 219 Å². The van der Waals surface area contributed by atoms with E-state index in [9.17, 15) is 19.2 Å². The molecule has 370 valence electrons. The van der Waals surface area contributed by atoms with Crippen molar-refractivity contribution in [3.05, 3.63) is 80.2 Å². The van der Waals surface area contributed by atoms with Crippen LogP contribution in [0.4, 0.5) is 17.5 Å². The number of allylic oxidation sites excluding steroid dienone is 1. The lowest BCUT2D eigenvalue weighted by molar-refractivity contribution is -0.137. The van der Waals surface area contributed by atoms with Crippen molar-refractivity contribution in [2.45, 2.75) is 198 Å². The Bertz CT molecular complexity index is 2740. The van der Waals surface area contributed by atoms with Crippen LogP contribution in [0.15, 0.2) is 52.2 Å². The first-order valence-electron chi connectivity index (χ1n) is 23.2. The standard InChI is InChI=1S/C14H21N3.C13H20N4O.C13H21NO2.C12H21N3O/c1-9(2)17-8-10(14(3,4)5)12-11(15)6-7-16-13(12)17;1-7(2)17-6-8(13(3,4)5)9-10(17)15-12(14)16-11(9)18;1-12(2,3)9-8-14(13(4,5)6)11(16)7-10(9)15;1-11(2,3)8-7-15(12(4,5)6)10(16)14-9(8)13/h6-9H,1-5H3,(H2,15,16);6-7H,1-5H3,(H3,14,15,16,18);8H,7H2,1-6H3;7H,1-6H3,(H2,13,14,16). The second-order valence-corrected chi connectivity index (χ2v) is 24.3. The molecule has 1 amide bonds. The molecule has 67 heavy (non-hydrogen) atoms. The third-order valence-corrected chi connectivity index (χ3v) is 11.3. The molecule has 0 radical (unpaired) electrons. The third kappa shape index (κ3) is 13.3. The number of nitrogens with zero attached hydrogens (tertiary/aromatic N) is 7. The Morgan fingerprint density at radius 1 is 0.597 bits per heavy atom. The number of anilines is 3. The van der Waals surface area contributed by atoms with E-state index in [4.69, 9.17) is 17.2 Å². The van der Waals surface area contributed by atoms with Gasteiger partial charge in [0.2, 0.25) is 11.9 Å². The SMILES string of the molecule is CC(C)(C)C1=CN(C(C)(C)C)C(=O)CC1=O.CC(C)(C)c1cn(C(C)(C)C)c(=O)nc1N.CC(C)n1cc(C(C)(C)C)c2c(=O)[nH]c(N)nc21.CC(C)n1cc(C(C)(C)C)c2c(N)ccnc21. The van der Waals surface area contributed by atoms with Gasteiger partial charge < -0.3 is 31.2 Å². The summed E-state index contributed by atoms with van der Waals surface area (Å²) in [5.41, 5.74) is 22.6. The number of rotatable bonds is 2. The first-order valence-corrected chi connectivity index (χ1v) is 23.2. The van der Waals surface area contributed by atoms with Gasteiger partial charge in [-0.3, -0.25) is 23.9 Å². The second kappa shape index (κ2) is 19.5. The number of amides is 1. The van der Waals surface area contributed by atoms with Crippen molar-refractivity contribution in [3.8, 4) is 0 Å². The van der Waals surface area contributed by atoms with Crippen molar-refractivity contribution in [1.82, 2.24) is 38.5 Å². The number of aromatic amines is 1. The quantitative estimate of drug-likeness (QED) is 0.123. The van der Waals surface area contributed by atoms with Crippen LogP contribution in [-0.4, -0.2) is 55.8 Å². The summed E-state index contributed by atoms with van der Waals surface area (Å²) >= 11 is 0. The van der Waals surface area contributed by atoms with Crippen LogP contribution in [0.1, 0.15) is 188 Å². The van der Waals surface area contributed by atoms with Gasteiger partial charge in [0, 0.05) is 76.4 Å². The molecule has 7 N–H and O–H groups in total. The van der Waals surface area contributed by atoms with E-state index in [-0.39, 0.29) is 74.1 Å². The van der Waals surface area contributed by atoms with Crippen molar-refractivity contribution >= 4 is 51.2 Å². The summed E-state index contributed by atoms with van der Waals surface area (Å²) in [5.74, 6) is 0.342. The lowest BCUT2D eigenvalue weighted by Crippen LogP contribution is -2.46. The van der Waals surface area contributed by atoms with Gasteiger partial charge in [-0.1, -0.05) is 83.1 Å². The predicted molar refractivity (Wildman–Crippen MR) is 277 cm³/mol. The minimum absolute atomic E-state index is 0.000370. The summed E-state index contributed by atoms with van der Waals surface area (Å²) < 4.78 is 5.83. The van der Waals surface area contributed by atoms with Crippen LogP contribution >= 0.6 is 0 Å². The van der Waals surface area contributed by atoms with Crippen LogP contribution in [0.3, 0.4) is 0 Å². The Morgan fingerprint density at radius 2 is 1.07 bits per heavy atom. The summed E-state index contributed by atoms with van der Waals surface area (Å²) in [6.45, 7) is 45.3. The number of nitrogens with one attached hydrogen (secondary N) is 1. The molecule has 5 aromatic heterocycles. The maximum absolute atomic E-state index is 12.1. The van der Waals surface area contributed by atoms with Crippen molar-refractivity contribution < 1.29 is 9.59 Å². The highest BCUT2D eigenvalue weighted by Gasteiger charge is 2.36. The van der Waals surface area contributed by atoms with E-state index in [0.717, 1.165) is 33.4 Å². The van der Waals surface area contributed by atoms with E-state index in [1.165, 1.54) is 5.56 Å². The Labute approximate surface area is 399 Å². The monoisotopic (exact) mass is 926 g/mol. The number of ketones is 1. The van der Waals surface area contributed by atoms with Gasteiger partial charge >= 0.3 is 5.69 Å². The number of Topliss-reactive ketones (excluding diaryl/α,β-unsaturated/α-hetero) is 1. The Balaban J connectivity index is 0.000000237. The van der Waals surface area contributed by atoms with Gasteiger partial charge in [-0.05, 0) is 108 Å². The molecule has 0 aromatic carbocycles. The maximum Gasteiger partial charge on any atom is 0.349 e. The van der Waals surface area contributed by atoms with Gasteiger partial charge in [-0.15, -0.1) is 0 Å². The van der Waals surface area contributed by atoms with Crippen LogP contribution in [0.5, 0.6) is 0 Å². The Morgan fingerprint density at radius 3 is 1.51 bits per heavy atom. The first kappa shape index (κ1) is 55.6. The molecule has 6 heterocycles. The Kier molecular flexibility index (Phi) is 16.2. The van der Waals surface area contributed by atoms with Crippen LogP contribution < -0.4 is 28.5 Å². The second-order valence-electron chi connectivity index (χ2n) is 24.3. The number of hydrogen-bond donors (Lipinski definition) is 4. The molecule has 0 aliphatic carbocycles. The highest BCUT2D eigenvalue weighted by atomic mass is 16.2. The number of fused-ring (bicyclic) bond motifs is 2. The molecule has 0 spiro atoms. The lowest BCUT2D eigenvalue weighted by Gasteiger charge is -2.38. The minimum atomic E-state index is -0.294. The van der Waals surface area contributed by atoms with Gasteiger partial charge in [-0.25, -0.2) is 9.78 Å². The van der Waals surface area contributed by atoms with Gasteiger partial charge in [0.1, 0.15) is 17.1 Å². The molecule has 0 saturated carbocycles. The molecule has 5 aromatic rings. The number of aromatic nitrogens is 7. The van der Waals surface area contributed by atoms with Crippen LogP contribution in [0.25, 0.3) is 22.1 Å². The van der Waals surface area contributed by atoms with E-state index in [1.807, 2.05) is 85.3 Å². The van der Waals surface area contributed by atoms with E-state index in [1.54, 1.807) is 21.9 Å². The highest BCUT2D eigenvalue weighted by molar-refractivity contribution is 6.10. The number of nitrogens with two attached hydrogens (primary N) is 3. The number of carbonyl (C=O) groups excluding carboxylic acids is 2. The molecule has 0 bridgehead atoms. The first-order chi connectivity index (χ1) is 30.1. The van der Waals surface area contributed by atoms with Crippen molar-refractivity contribution in [1.29, 1.82) is 0 Å². The molecule has 0 saturated heterocycles. The average molecular weight is 926 g/mol. The maximum atomic E-state index is 12.1. The van der Waals surface area contributed by atoms with Crippen molar-refractivity contribution in [2.75, 3.05) is 17.2 Å². The summed E-state index contributed by atoms with van der Waals surface area (Å²) in [4.78, 5) is 64.3. The lowest BCUT2D eigenvalue weighted by atomic mass is 9.81. The average Bonchev–Trinajstić information content (AvgIpc) is 3.72. The zero-order valence-electron chi connectivity index (χ0n) is 44.8. The van der Waals surface area contributed by atoms with Crippen LogP contribution in [-0.2, 0) is 31.4 Å². The fourth-order valence-electron chi connectivity index (χ4n) is 7.60. The molecular weight excluding hydrogens is 843 g/mol.